The molecule has 1 amide bonds. The molecule has 2 aromatic rings. The largest absolute Gasteiger partial charge is 0.446 e. The Labute approximate surface area is 160 Å². The summed E-state index contributed by atoms with van der Waals surface area (Å²) in [5.41, 5.74) is -3.09. The standard InChI is InChI=1S/C20H20F3NO2S/c21-20(22,23)27-17-8-6-16(7-9-17)19(26)24-12-10-15(11-13-24)18(25)14-4-2-1-3-5-14/h1-9,15,18,25H,10-13H2. The third-order valence-corrected chi connectivity index (χ3v) is 5.49. The third-order valence-electron chi connectivity index (χ3n) is 4.75. The fraction of sp³-hybridized carbons (Fsp3) is 0.350. The van der Waals surface area contributed by atoms with E-state index >= 15 is 0 Å². The maximum absolute atomic E-state index is 12.6. The number of piperidine rings is 1. The lowest BCUT2D eigenvalue weighted by atomic mass is 9.87. The van der Waals surface area contributed by atoms with Gasteiger partial charge >= 0.3 is 5.51 Å². The zero-order valence-corrected chi connectivity index (χ0v) is 15.3. The second-order valence-electron chi connectivity index (χ2n) is 6.56. The summed E-state index contributed by atoms with van der Waals surface area (Å²) in [5.74, 6) is -0.103. The van der Waals surface area contributed by atoms with E-state index in [1.165, 1.54) is 24.3 Å². The van der Waals surface area contributed by atoms with E-state index in [9.17, 15) is 23.1 Å². The van der Waals surface area contributed by atoms with Crippen molar-refractivity contribution in [2.24, 2.45) is 5.92 Å². The van der Waals surface area contributed by atoms with Crippen LogP contribution < -0.4 is 0 Å². The van der Waals surface area contributed by atoms with Gasteiger partial charge in [-0.2, -0.15) is 13.2 Å². The second kappa shape index (κ2) is 8.35. The second-order valence-corrected chi connectivity index (χ2v) is 7.70. The molecule has 0 aliphatic carbocycles. The number of carbonyl (C=O) groups is 1. The van der Waals surface area contributed by atoms with Crippen LogP contribution in [0.15, 0.2) is 59.5 Å². The minimum atomic E-state index is -4.34. The molecule has 1 aliphatic heterocycles. The van der Waals surface area contributed by atoms with Gasteiger partial charge in [0, 0.05) is 23.5 Å². The molecule has 144 valence electrons. The van der Waals surface area contributed by atoms with Crippen LogP contribution in [0.1, 0.15) is 34.9 Å². The number of alkyl halides is 3. The molecule has 0 radical (unpaired) electrons. The number of benzene rings is 2. The Morgan fingerprint density at radius 2 is 1.63 bits per heavy atom. The Bertz CT molecular complexity index is 757. The minimum absolute atomic E-state index is 0.0590. The van der Waals surface area contributed by atoms with Gasteiger partial charge in [0.2, 0.25) is 0 Å². The summed E-state index contributed by atoms with van der Waals surface area (Å²) >= 11 is -0.195. The lowest BCUT2D eigenvalue weighted by Crippen LogP contribution is -2.39. The van der Waals surface area contributed by atoms with E-state index in [1.54, 1.807) is 4.90 Å². The van der Waals surface area contributed by atoms with Crippen molar-refractivity contribution in [2.75, 3.05) is 13.1 Å². The molecule has 3 nitrogen and oxygen atoms in total. The van der Waals surface area contributed by atoms with Crippen LogP contribution in [0.5, 0.6) is 0 Å². The number of hydrogen-bond donors (Lipinski definition) is 1. The Balaban J connectivity index is 1.57. The topological polar surface area (TPSA) is 40.5 Å². The lowest BCUT2D eigenvalue weighted by Gasteiger charge is -2.34. The molecule has 0 aromatic heterocycles. The van der Waals surface area contributed by atoms with Crippen LogP contribution in [0.3, 0.4) is 0 Å². The predicted molar refractivity (Wildman–Crippen MR) is 98.4 cm³/mol. The van der Waals surface area contributed by atoms with Crippen molar-refractivity contribution >= 4 is 17.7 Å². The SMILES string of the molecule is O=C(c1ccc(SC(F)(F)F)cc1)N1CCC(C(O)c2ccccc2)CC1. The number of aliphatic hydroxyl groups excluding tert-OH is 1. The van der Waals surface area contributed by atoms with Gasteiger partial charge in [0.15, 0.2) is 0 Å². The molecule has 7 heteroatoms. The number of thioether (sulfide) groups is 1. The summed E-state index contributed by atoms with van der Waals surface area (Å²) in [5, 5.41) is 10.5. The lowest BCUT2D eigenvalue weighted by molar-refractivity contribution is -0.0328. The van der Waals surface area contributed by atoms with Gasteiger partial charge in [0.1, 0.15) is 0 Å². The fourth-order valence-electron chi connectivity index (χ4n) is 3.32. The molecule has 27 heavy (non-hydrogen) atoms. The molecule has 1 atom stereocenters. The van der Waals surface area contributed by atoms with Crippen molar-refractivity contribution in [1.29, 1.82) is 0 Å². The van der Waals surface area contributed by atoms with Crippen LogP contribution in [0.2, 0.25) is 0 Å². The van der Waals surface area contributed by atoms with Crippen molar-refractivity contribution in [3.8, 4) is 0 Å². The van der Waals surface area contributed by atoms with Gasteiger partial charge in [-0.15, -0.1) is 0 Å². The van der Waals surface area contributed by atoms with Crippen molar-refractivity contribution in [2.45, 2.75) is 29.3 Å². The fourth-order valence-corrected chi connectivity index (χ4v) is 3.86. The van der Waals surface area contributed by atoms with Crippen molar-refractivity contribution < 1.29 is 23.1 Å². The number of likely N-dealkylation sites (tertiary alicyclic amines) is 1. The minimum Gasteiger partial charge on any atom is -0.388 e. The zero-order chi connectivity index (χ0) is 19.4. The molecule has 1 saturated heterocycles. The van der Waals surface area contributed by atoms with Crippen LogP contribution in [-0.2, 0) is 0 Å². The van der Waals surface area contributed by atoms with Gasteiger partial charge in [0.05, 0.1) is 6.10 Å². The molecule has 3 rings (SSSR count). The van der Waals surface area contributed by atoms with Gasteiger partial charge in [0.25, 0.3) is 5.91 Å². The average molecular weight is 395 g/mol. The van der Waals surface area contributed by atoms with Crippen LogP contribution in [0, 0.1) is 5.92 Å². The summed E-state index contributed by atoms with van der Waals surface area (Å²) < 4.78 is 37.1. The summed E-state index contributed by atoms with van der Waals surface area (Å²) in [6.45, 7) is 1.04. The van der Waals surface area contributed by atoms with Crippen molar-refractivity contribution in [1.82, 2.24) is 4.90 Å². The first-order valence-corrected chi connectivity index (χ1v) is 9.53. The van der Waals surface area contributed by atoms with Gasteiger partial charge in [-0.05, 0) is 60.4 Å². The highest BCUT2D eigenvalue weighted by atomic mass is 32.2. The number of halogens is 3. The first kappa shape index (κ1) is 19.8. The molecular formula is C20H20F3NO2S. The molecule has 1 fully saturated rings. The van der Waals surface area contributed by atoms with E-state index in [1.807, 2.05) is 30.3 Å². The summed E-state index contributed by atoms with van der Waals surface area (Å²) in [6, 6.07) is 15.0. The van der Waals surface area contributed by atoms with Crippen LogP contribution in [0.25, 0.3) is 0 Å². The molecule has 1 heterocycles. The molecular weight excluding hydrogens is 375 g/mol. The normalized spacial score (nSPS) is 17.0. The van der Waals surface area contributed by atoms with Gasteiger partial charge in [-0.25, -0.2) is 0 Å². The van der Waals surface area contributed by atoms with E-state index < -0.39 is 11.6 Å². The Morgan fingerprint density at radius 1 is 1.04 bits per heavy atom. The third kappa shape index (κ3) is 5.26. The monoisotopic (exact) mass is 395 g/mol. The first-order valence-electron chi connectivity index (χ1n) is 8.71. The molecule has 1 N–H and O–H groups in total. The van der Waals surface area contributed by atoms with Gasteiger partial charge in [-0.1, -0.05) is 30.3 Å². The maximum Gasteiger partial charge on any atom is 0.446 e. The molecule has 0 bridgehead atoms. The molecule has 1 unspecified atom stereocenters. The summed E-state index contributed by atoms with van der Waals surface area (Å²) in [7, 11) is 0. The van der Waals surface area contributed by atoms with Gasteiger partial charge in [-0.3, -0.25) is 4.79 Å². The number of aliphatic hydroxyl groups is 1. The van der Waals surface area contributed by atoms with Crippen molar-refractivity contribution in [3.05, 3.63) is 65.7 Å². The highest BCUT2D eigenvalue weighted by Crippen LogP contribution is 2.37. The number of hydrogen-bond acceptors (Lipinski definition) is 3. The molecule has 0 saturated carbocycles. The summed E-state index contributed by atoms with van der Waals surface area (Å²) in [4.78, 5) is 14.3. The van der Waals surface area contributed by atoms with E-state index in [0.717, 1.165) is 5.56 Å². The first-order chi connectivity index (χ1) is 12.8. The Hall–Kier alpha value is -1.99. The van der Waals surface area contributed by atoms with E-state index in [0.29, 0.717) is 31.5 Å². The quantitative estimate of drug-likeness (QED) is 0.750. The molecule has 0 spiro atoms. The Kier molecular flexibility index (Phi) is 6.11. The number of amides is 1. The predicted octanol–water partition coefficient (Wildman–Crippen LogP) is 4.88. The number of rotatable bonds is 4. The van der Waals surface area contributed by atoms with Crippen LogP contribution in [0.4, 0.5) is 13.2 Å². The van der Waals surface area contributed by atoms with E-state index in [4.69, 9.17) is 0 Å². The van der Waals surface area contributed by atoms with Crippen LogP contribution in [-0.4, -0.2) is 34.5 Å². The van der Waals surface area contributed by atoms with E-state index in [2.05, 4.69) is 0 Å². The van der Waals surface area contributed by atoms with E-state index in [-0.39, 0.29) is 28.5 Å². The summed E-state index contributed by atoms with van der Waals surface area (Å²) in [6.07, 6.45) is 0.815. The smallest absolute Gasteiger partial charge is 0.388 e. The number of nitrogens with zero attached hydrogens (tertiary/aromatic N) is 1. The van der Waals surface area contributed by atoms with Crippen LogP contribution >= 0.6 is 11.8 Å². The maximum atomic E-state index is 12.6. The zero-order valence-electron chi connectivity index (χ0n) is 14.5. The molecule has 1 aliphatic rings. The van der Waals surface area contributed by atoms with Gasteiger partial charge < -0.3 is 10.0 Å². The average Bonchev–Trinajstić information content (AvgIpc) is 2.67. The number of carbonyl (C=O) groups excluding carboxylic acids is 1. The Morgan fingerprint density at radius 3 is 2.19 bits per heavy atom. The highest BCUT2D eigenvalue weighted by Gasteiger charge is 2.30. The highest BCUT2D eigenvalue weighted by molar-refractivity contribution is 8.00. The molecule has 2 aromatic carbocycles. The van der Waals surface area contributed by atoms with Crippen molar-refractivity contribution in [3.63, 3.8) is 0 Å².